The zero-order valence-electron chi connectivity index (χ0n) is 20.1. The highest BCUT2D eigenvalue weighted by Crippen LogP contribution is 2.37. The van der Waals surface area contributed by atoms with Crippen LogP contribution < -0.4 is 5.32 Å². The van der Waals surface area contributed by atoms with Crippen LogP contribution in [0.15, 0.2) is 42.5 Å². The molecule has 9 heteroatoms. The number of ketones is 1. The molecule has 0 unspecified atom stereocenters. The van der Waals surface area contributed by atoms with Crippen LogP contribution in [0.4, 0.5) is 10.2 Å². The van der Waals surface area contributed by atoms with Gasteiger partial charge in [0.15, 0.2) is 5.78 Å². The van der Waals surface area contributed by atoms with E-state index in [1.165, 1.54) is 23.2 Å². The number of amides is 2. The van der Waals surface area contributed by atoms with Crippen LogP contribution in [0.25, 0.3) is 21.0 Å². The molecule has 184 valence electrons. The van der Waals surface area contributed by atoms with Gasteiger partial charge in [0.2, 0.25) is 0 Å². The van der Waals surface area contributed by atoms with Gasteiger partial charge in [-0.25, -0.2) is 9.37 Å². The number of carbonyl (C=O) groups excluding carboxylic acids is 3. The average Bonchev–Trinajstić information content (AvgIpc) is 3.19. The van der Waals surface area contributed by atoms with Gasteiger partial charge in [0.05, 0.1) is 30.1 Å². The van der Waals surface area contributed by atoms with E-state index in [2.05, 4.69) is 10.3 Å². The molecule has 0 radical (unpaired) electrons. The number of aromatic nitrogens is 1. The Hall–Kier alpha value is -3.69. The Morgan fingerprint density at radius 3 is 2.61 bits per heavy atom. The molecule has 7 nitrogen and oxygen atoms in total. The molecule has 1 aliphatic heterocycles. The van der Waals surface area contributed by atoms with E-state index < -0.39 is 6.17 Å². The molecule has 0 spiro atoms. The second-order valence-corrected chi connectivity index (χ2v) is 9.87. The smallest absolute Gasteiger partial charge is 0.267 e. The Labute approximate surface area is 210 Å². The van der Waals surface area contributed by atoms with Gasteiger partial charge in [0, 0.05) is 33.7 Å². The lowest BCUT2D eigenvalue weighted by Crippen LogP contribution is -2.51. The molecule has 4 aromatic rings. The number of aryl methyl sites for hydroxylation is 1. The molecule has 2 aromatic carbocycles. The lowest BCUT2D eigenvalue weighted by molar-refractivity contribution is 0.0402. The van der Waals surface area contributed by atoms with Crippen LogP contribution in [0.5, 0.6) is 0 Å². The van der Waals surface area contributed by atoms with Crippen molar-refractivity contribution in [2.75, 3.05) is 25.5 Å². The van der Waals surface area contributed by atoms with Crippen molar-refractivity contribution < 1.29 is 23.5 Å². The first-order chi connectivity index (χ1) is 17.3. The predicted molar refractivity (Wildman–Crippen MR) is 138 cm³/mol. The van der Waals surface area contributed by atoms with Crippen LogP contribution in [0.3, 0.4) is 0 Å². The topological polar surface area (TPSA) is 88.6 Å². The molecular weight excluding hydrogens is 481 g/mol. The molecule has 1 aliphatic rings. The van der Waals surface area contributed by atoms with Crippen LogP contribution in [0, 0.1) is 6.92 Å². The molecule has 0 saturated carbocycles. The summed E-state index contributed by atoms with van der Waals surface area (Å²) < 4.78 is 19.3. The zero-order valence-corrected chi connectivity index (χ0v) is 20.9. The summed E-state index contributed by atoms with van der Waals surface area (Å²) in [5.41, 5.74) is 3.25. The zero-order chi connectivity index (χ0) is 25.6. The number of benzene rings is 2. The summed E-state index contributed by atoms with van der Waals surface area (Å²) in [7, 11) is 1.60. The summed E-state index contributed by atoms with van der Waals surface area (Å²) in [4.78, 5) is 44.7. The van der Waals surface area contributed by atoms with Crippen LogP contribution >= 0.6 is 11.3 Å². The Morgan fingerprint density at radius 1 is 1.14 bits per heavy atom. The molecule has 5 rings (SSSR count). The highest BCUT2D eigenvalue weighted by molar-refractivity contribution is 7.21. The van der Waals surface area contributed by atoms with E-state index in [0.717, 1.165) is 21.2 Å². The summed E-state index contributed by atoms with van der Waals surface area (Å²) in [6.07, 6.45) is -0.974. The number of Topliss-reactive ketones (excluding diaryl/α,β-unsaturated/α-hetero) is 1. The number of hydrogen-bond donors (Lipinski definition) is 1. The fourth-order valence-electron chi connectivity index (χ4n) is 4.55. The van der Waals surface area contributed by atoms with E-state index in [-0.39, 0.29) is 30.7 Å². The fraction of sp³-hybridized carbons (Fsp3) is 0.259. The minimum atomic E-state index is -0.974. The Kier molecular flexibility index (Phi) is 6.27. The third-order valence-electron chi connectivity index (χ3n) is 6.38. The van der Waals surface area contributed by atoms with Crippen molar-refractivity contribution in [2.24, 2.45) is 0 Å². The summed E-state index contributed by atoms with van der Waals surface area (Å²) in [6, 6.07) is 12.2. The van der Waals surface area contributed by atoms with Gasteiger partial charge in [0.1, 0.15) is 12.0 Å². The normalized spacial score (nSPS) is 13.7. The Balaban J connectivity index is 1.47. The average molecular weight is 506 g/mol. The quantitative estimate of drug-likeness (QED) is 0.366. The largest absolute Gasteiger partial charge is 0.380 e. The molecule has 1 fully saturated rings. The Bertz CT molecular complexity index is 1540. The lowest BCUT2D eigenvalue weighted by atomic mass is 10.0. The highest BCUT2D eigenvalue weighted by Gasteiger charge is 2.31. The Morgan fingerprint density at radius 2 is 1.92 bits per heavy atom. The molecule has 36 heavy (non-hydrogen) atoms. The number of thiophene rings is 1. The maximum atomic E-state index is 13.3. The van der Waals surface area contributed by atoms with E-state index in [9.17, 15) is 18.8 Å². The molecular formula is C27H24FN3O4S. The lowest BCUT2D eigenvalue weighted by Gasteiger charge is -2.34. The van der Waals surface area contributed by atoms with Crippen LogP contribution in [-0.2, 0) is 11.3 Å². The van der Waals surface area contributed by atoms with Gasteiger partial charge in [-0.3, -0.25) is 14.4 Å². The van der Waals surface area contributed by atoms with Crippen molar-refractivity contribution in [1.82, 2.24) is 9.88 Å². The number of fused-ring (bicyclic) bond motifs is 2. The molecule has 1 N–H and O–H groups in total. The van der Waals surface area contributed by atoms with Gasteiger partial charge in [-0.1, -0.05) is 12.1 Å². The third kappa shape index (κ3) is 4.14. The molecule has 3 heterocycles. The fourth-order valence-corrected chi connectivity index (χ4v) is 5.86. The first-order valence-corrected chi connectivity index (χ1v) is 12.3. The molecule has 0 aliphatic carbocycles. The van der Waals surface area contributed by atoms with Crippen LogP contribution in [-0.4, -0.2) is 53.9 Å². The van der Waals surface area contributed by atoms with Crippen molar-refractivity contribution in [1.29, 1.82) is 0 Å². The monoisotopic (exact) mass is 505 g/mol. The predicted octanol–water partition coefficient (Wildman–Crippen LogP) is 5.15. The van der Waals surface area contributed by atoms with E-state index in [1.807, 2.05) is 13.0 Å². The van der Waals surface area contributed by atoms with Gasteiger partial charge in [0.25, 0.3) is 11.8 Å². The van der Waals surface area contributed by atoms with Gasteiger partial charge in [-0.2, -0.15) is 0 Å². The minimum absolute atomic E-state index is 0.0704. The molecule has 1 saturated heterocycles. The summed E-state index contributed by atoms with van der Waals surface area (Å²) >= 11 is 1.27. The number of anilines is 1. The minimum Gasteiger partial charge on any atom is -0.380 e. The first-order valence-electron chi connectivity index (χ1n) is 11.5. The van der Waals surface area contributed by atoms with E-state index in [0.29, 0.717) is 39.3 Å². The molecule has 0 atom stereocenters. The van der Waals surface area contributed by atoms with Crippen molar-refractivity contribution >= 4 is 55.7 Å². The van der Waals surface area contributed by atoms with Gasteiger partial charge in [-0.05, 0) is 55.3 Å². The summed E-state index contributed by atoms with van der Waals surface area (Å²) in [5.74, 6) is -0.299. The summed E-state index contributed by atoms with van der Waals surface area (Å²) in [6.45, 7) is 3.94. The van der Waals surface area contributed by atoms with Crippen molar-refractivity contribution in [3.05, 3.63) is 69.6 Å². The maximum absolute atomic E-state index is 13.3. The van der Waals surface area contributed by atoms with Crippen molar-refractivity contribution in [3.8, 4) is 0 Å². The van der Waals surface area contributed by atoms with Gasteiger partial charge in [-0.15, -0.1) is 11.3 Å². The number of hydrogen-bond acceptors (Lipinski definition) is 6. The number of pyridine rings is 1. The molecule has 2 aromatic heterocycles. The number of nitrogens with one attached hydrogen (secondary N) is 1. The van der Waals surface area contributed by atoms with Crippen molar-refractivity contribution in [3.63, 3.8) is 0 Å². The number of carbonyl (C=O) groups is 3. The van der Waals surface area contributed by atoms with Crippen LogP contribution in [0.1, 0.15) is 48.4 Å². The van der Waals surface area contributed by atoms with E-state index in [1.54, 1.807) is 43.5 Å². The number of halogens is 1. The molecule has 0 bridgehead atoms. The molecule has 2 amide bonds. The number of ether oxygens (including phenoxy) is 1. The summed E-state index contributed by atoms with van der Waals surface area (Å²) in [5, 5.41) is 4.34. The van der Waals surface area contributed by atoms with E-state index >= 15 is 0 Å². The second-order valence-electron chi connectivity index (χ2n) is 8.85. The highest BCUT2D eigenvalue weighted by atomic mass is 32.1. The number of methoxy groups -OCH3 is 1. The van der Waals surface area contributed by atoms with Gasteiger partial charge < -0.3 is 15.0 Å². The van der Waals surface area contributed by atoms with Crippen molar-refractivity contribution in [2.45, 2.75) is 26.6 Å². The second kappa shape index (κ2) is 9.40. The number of alkyl halides is 1. The SMILES string of the molecule is COCc1ccc(C(C)=O)c2sc(C(=O)Nc3ccc4c(C(=O)N5CC(F)C5)cccc4n3)c(C)c12. The van der Waals surface area contributed by atoms with E-state index in [4.69, 9.17) is 4.74 Å². The number of nitrogens with zero attached hydrogens (tertiary/aromatic N) is 2. The van der Waals surface area contributed by atoms with Gasteiger partial charge >= 0.3 is 0 Å². The van der Waals surface area contributed by atoms with Crippen LogP contribution in [0.2, 0.25) is 0 Å². The number of likely N-dealkylation sites (tertiary alicyclic amines) is 1. The standard InChI is InChI=1S/C27H24FN3O4S/c1-14-23-16(13-35-3)7-8-18(15(2)32)25(23)36-24(14)26(33)30-22-10-9-19-20(5-4-6-21(19)29-22)27(34)31-11-17(28)12-31/h4-10,17H,11-13H2,1-3H3,(H,29,30,33). The maximum Gasteiger partial charge on any atom is 0.267 e. The third-order valence-corrected chi connectivity index (χ3v) is 7.70. The first kappa shape index (κ1) is 24.0. The number of rotatable bonds is 6.